The van der Waals surface area contributed by atoms with Crippen LogP contribution < -0.4 is 10.1 Å². The average molecular weight is 391 g/mol. The van der Waals surface area contributed by atoms with Crippen molar-refractivity contribution < 1.29 is 9.84 Å². The normalized spacial score (nSPS) is 12.1. The molecule has 2 N–H and O–H groups in total. The predicted octanol–water partition coefficient (Wildman–Crippen LogP) is 4.90. The number of ether oxygens (including phenoxy) is 1. The van der Waals surface area contributed by atoms with Gasteiger partial charge in [0.2, 0.25) is 0 Å². The minimum absolute atomic E-state index is 0.0465. The maximum absolute atomic E-state index is 9.93. The number of aliphatic hydroxyl groups is 1. The summed E-state index contributed by atoms with van der Waals surface area (Å²) in [7, 11) is 0. The largest absolute Gasteiger partial charge is 0.494 e. The van der Waals surface area contributed by atoms with Crippen LogP contribution in [0.1, 0.15) is 18.5 Å². The van der Waals surface area contributed by atoms with Crippen molar-refractivity contribution in [3.05, 3.63) is 72.6 Å². The second-order valence-electron chi connectivity index (χ2n) is 6.30. The van der Waals surface area contributed by atoms with Crippen LogP contribution in [-0.4, -0.2) is 28.3 Å². The number of hydrogen-bond acceptors (Lipinski definition) is 6. The Morgan fingerprint density at radius 3 is 2.57 bits per heavy atom. The summed E-state index contributed by atoms with van der Waals surface area (Å²) >= 11 is 1.63. The summed E-state index contributed by atoms with van der Waals surface area (Å²) in [5, 5.41) is 14.3. The summed E-state index contributed by atoms with van der Waals surface area (Å²) in [5.41, 5.74) is 2.12. The third-order valence-electron chi connectivity index (χ3n) is 4.47. The van der Waals surface area contributed by atoms with Crippen molar-refractivity contribution in [1.82, 2.24) is 9.97 Å². The van der Waals surface area contributed by atoms with Crippen molar-refractivity contribution in [1.29, 1.82) is 0 Å². The molecule has 0 spiro atoms. The third kappa shape index (κ3) is 3.83. The van der Waals surface area contributed by atoms with Crippen LogP contribution in [0.5, 0.6) is 5.75 Å². The molecule has 1 unspecified atom stereocenters. The van der Waals surface area contributed by atoms with Crippen molar-refractivity contribution in [2.24, 2.45) is 0 Å². The molecule has 0 radical (unpaired) electrons. The topological polar surface area (TPSA) is 67.3 Å². The minimum atomic E-state index is -0.270. The van der Waals surface area contributed by atoms with Crippen LogP contribution in [0.2, 0.25) is 0 Å². The molecule has 5 nitrogen and oxygen atoms in total. The van der Waals surface area contributed by atoms with Crippen LogP contribution in [0.3, 0.4) is 0 Å². The highest BCUT2D eigenvalue weighted by Gasteiger charge is 2.15. The van der Waals surface area contributed by atoms with E-state index >= 15 is 0 Å². The van der Waals surface area contributed by atoms with Crippen molar-refractivity contribution in [2.75, 3.05) is 18.5 Å². The fraction of sp³-hybridized carbons (Fsp3) is 0.182. The van der Waals surface area contributed by atoms with E-state index in [9.17, 15) is 5.11 Å². The van der Waals surface area contributed by atoms with Crippen molar-refractivity contribution in [3.63, 3.8) is 0 Å². The lowest BCUT2D eigenvalue weighted by atomic mass is 10.1. The van der Waals surface area contributed by atoms with E-state index in [0.29, 0.717) is 6.61 Å². The van der Waals surface area contributed by atoms with Gasteiger partial charge in [-0.15, -0.1) is 11.3 Å². The first-order chi connectivity index (χ1) is 13.8. The lowest BCUT2D eigenvalue weighted by Crippen LogP contribution is -2.15. The van der Waals surface area contributed by atoms with Crippen LogP contribution in [0.15, 0.2) is 67.0 Å². The van der Waals surface area contributed by atoms with E-state index in [2.05, 4.69) is 33.5 Å². The zero-order valence-electron chi connectivity index (χ0n) is 15.5. The molecule has 0 bridgehead atoms. The van der Waals surface area contributed by atoms with Crippen molar-refractivity contribution in [2.45, 2.75) is 13.0 Å². The van der Waals surface area contributed by atoms with Gasteiger partial charge in [-0.3, -0.25) is 0 Å². The Balaban J connectivity index is 1.63. The van der Waals surface area contributed by atoms with Gasteiger partial charge in [0.05, 0.1) is 24.6 Å². The molecule has 0 fully saturated rings. The van der Waals surface area contributed by atoms with Gasteiger partial charge in [-0.1, -0.05) is 42.5 Å². The van der Waals surface area contributed by atoms with E-state index in [1.807, 2.05) is 49.4 Å². The molecule has 4 aromatic rings. The number of thiophene rings is 1. The Morgan fingerprint density at radius 2 is 1.86 bits per heavy atom. The van der Waals surface area contributed by atoms with E-state index in [1.165, 1.54) is 0 Å². The van der Waals surface area contributed by atoms with E-state index in [1.54, 1.807) is 17.7 Å². The maximum atomic E-state index is 9.93. The van der Waals surface area contributed by atoms with Gasteiger partial charge in [0.15, 0.2) is 0 Å². The lowest BCUT2D eigenvalue weighted by molar-refractivity contribution is 0.276. The number of benzene rings is 2. The molecule has 4 rings (SSSR count). The number of hydrogen-bond donors (Lipinski definition) is 2. The fourth-order valence-corrected chi connectivity index (χ4v) is 4.08. The number of anilines is 1. The molecule has 0 amide bonds. The van der Waals surface area contributed by atoms with Gasteiger partial charge in [0, 0.05) is 4.88 Å². The Kier molecular flexibility index (Phi) is 5.50. The summed E-state index contributed by atoms with van der Waals surface area (Å²) in [6, 6.07) is 19.8. The second kappa shape index (κ2) is 8.37. The molecule has 0 aliphatic heterocycles. The molecule has 0 aliphatic rings. The first-order valence-electron chi connectivity index (χ1n) is 9.18. The summed E-state index contributed by atoms with van der Waals surface area (Å²) < 4.78 is 5.49. The van der Waals surface area contributed by atoms with Gasteiger partial charge in [-0.05, 0) is 36.2 Å². The Bertz CT molecular complexity index is 1050. The number of aromatic nitrogens is 2. The van der Waals surface area contributed by atoms with Gasteiger partial charge >= 0.3 is 0 Å². The van der Waals surface area contributed by atoms with Crippen LogP contribution in [0.25, 0.3) is 20.7 Å². The molecule has 2 aromatic heterocycles. The highest BCUT2D eigenvalue weighted by Crippen LogP contribution is 2.35. The van der Waals surface area contributed by atoms with Gasteiger partial charge in [0.1, 0.15) is 22.7 Å². The average Bonchev–Trinajstić information content (AvgIpc) is 3.19. The molecule has 1 atom stereocenters. The van der Waals surface area contributed by atoms with Crippen LogP contribution in [0.4, 0.5) is 5.82 Å². The quantitative estimate of drug-likeness (QED) is 0.469. The molecular formula is C22H21N3O2S. The Morgan fingerprint density at radius 1 is 1.07 bits per heavy atom. The second-order valence-corrected chi connectivity index (χ2v) is 7.33. The number of nitrogens with zero attached hydrogens (tertiary/aromatic N) is 2. The number of fused-ring (bicyclic) bond motifs is 1. The third-order valence-corrected chi connectivity index (χ3v) is 5.57. The number of rotatable bonds is 7. The molecule has 0 saturated heterocycles. The standard InChI is InChI=1S/C22H21N3O2S/c1-2-27-17-10-8-15(9-11-17)19(13-26)25-21-18-12-20(16-6-4-3-5-7-16)28-22(18)24-14-23-21/h3-12,14,19,26H,2,13H2,1H3,(H,23,24,25). The summed E-state index contributed by atoms with van der Waals surface area (Å²) in [6.45, 7) is 2.54. The lowest BCUT2D eigenvalue weighted by Gasteiger charge is -2.18. The molecule has 2 aromatic carbocycles. The highest BCUT2D eigenvalue weighted by atomic mass is 32.1. The minimum Gasteiger partial charge on any atom is -0.494 e. The van der Waals surface area contributed by atoms with E-state index in [4.69, 9.17) is 4.74 Å². The molecular weight excluding hydrogens is 370 g/mol. The highest BCUT2D eigenvalue weighted by molar-refractivity contribution is 7.21. The van der Waals surface area contributed by atoms with E-state index in [0.717, 1.165) is 37.8 Å². The summed E-state index contributed by atoms with van der Waals surface area (Å²) in [4.78, 5) is 10.9. The smallest absolute Gasteiger partial charge is 0.138 e. The molecule has 28 heavy (non-hydrogen) atoms. The molecule has 0 aliphatic carbocycles. The molecule has 0 saturated carbocycles. The van der Waals surface area contributed by atoms with Crippen LogP contribution in [0, 0.1) is 0 Å². The zero-order chi connectivity index (χ0) is 19.3. The summed E-state index contributed by atoms with van der Waals surface area (Å²) in [5.74, 6) is 1.54. The van der Waals surface area contributed by atoms with Gasteiger partial charge in [0.25, 0.3) is 0 Å². The molecule has 6 heteroatoms. The molecule has 2 heterocycles. The fourth-order valence-electron chi connectivity index (χ4n) is 3.08. The van der Waals surface area contributed by atoms with Crippen molar-refractivity contribution >= 4 is 27.4 Å². The molecule has 142 valence electrons. The van der Waals surface area contributed by atoms with Gasteiger partial charge in [-0.25, -0.2) is 9.97 Å². The van der Waals surface area contributed by atoms with Crippen molar-refractivity contribution in [3.8, 4) is 16.2 Å². The summed E-state index contributed by atoms with van der Waals surface area (Å²) in [6.07, 6.45) is 1.56. The monoisotopic (exact) mass is 391 g/mol. The number of nitrogens with one attached hydrogen (secondary N) is 1. The first kappa shape index (κ1) is 18.4. The van der Waals surface area contributed by atoms with Crippen LogP contribution in [-0.2, 0) is 0 Å². The van der Waals surface area contributed by atoms with E-state index in [-0.39, 0.29) is 12.6 Å². The Hall–Kier alpha value is -2.96. The SMILES string of the molecule is CCOc1ccc(C(CO)Nc2ncnc3sc(-c4ccccc4)cc23)cc1. The predicted molar refractivity (Wildman–Crippen MR) is 114 cm³/mol. The number of aliphatic hydroxyl groups excluding tert-OH is 1. The van der Waals surface area contributed by atoms with Gasteiger partial charge in [-0.2, -0.15) is 0 Å². The van der Waals surface area contributed by atoms with Gasteiger partial charge < -0.3 is 15.2 Å². The van der Waals surface area contributed by atoms with E-state index < -0.39 is 0 Å². The maximum Gasteiger partial charge on any atom is 0.138 e. The van der Waals surface area contributed by atoms with Crippen LogP contribution >= 0.6 is 11.3 Å². The first-order valence-corrected chi connectivity index (χ1v) is 10.00. The zero-order valence-corrected chi connectivity index (χ0v) is 16.3. The Labute approximate surface area is 167 Å².